The number of aromatic nitrogens is 1. The average Bonchev–Trinajstić information content (AvgIpc) is 2.57. The molecule has 0 atom stereocenters. The van der Waals surface area contributed by atoms with Crippen LogP contribution in [0, 0.1) is 17.0 Å². The third kappa shape index (κ3) is 4.88. The van der Waals surface area contributed by atoms with E-state index in [-0.39, 0.29) is 22.1 Å². The molecule has 1 aromatic heterocycles. The summed E-state index contributed by atoms with van der Waals surface area (Å²) >= 11 is 11.8. The van der Waals surface area contributed by atoms with Gasteiger partial charge in [-0.15, -0.1) is 0 Å². The van der Waals surface area contributed by atoms with Gasteiger partial charge in [-0.2, -0.15) is 0 Å². The first kappa shape index (κ1) is 18.6. The van der Waals surface area contributed by atoms with Gasteiger partial charge in [-0.05, 0) is 19.1 Å². The summed E-state index contributed by atoms with van der Waals surface area (Å²) in [5, 5.41) is 13.6. The van der Waals surface area contributed by atoms with Crippen molar-refractivity contribution in [2.75, 3.05) is 11.9 Å². The summed E-state index contributed by atoms with van der Waals surface area (Å²) in [5.41, 5.74) is 0.168. The van der Waals surface area contributed by atoms with Crippen molar-refractivity contribution >= 4 is 46.6 Å². The number of non-ortho nitro benzene ring substituents is 1. The van der Waals surface area contributed by atoms with Gasteiger partial charge in [0.25, 0.3) is 11.6 Å². The summed E-state index contributed by atoms with van der Waals surface area (Å²) < 4.78 is 4.82. The van der Waals surface area contributed by atoms with Crippen molar-refractivity contribution in [1.29, 1.82) is 0 Å². The highest BCUT2D eigenvalue weighted by molar-refractivity contribution is 6.36. The van der Waals surface area contributed by atoms with Crippen molar-refractivity contribution in [2.24, 2.45) is 0 Å². The highest BCUT2D eigenvalue weighted by Crippen LogP contribution is 2.25. The standard InChI is InChI=1S/C15H11Cl2N3O5/c1-8-11(16)6-12(17)14(18-8)19-13(21)7-25-15(22)9-3-2-4-10(5-9)20(23)24/h2-6H,7H2,1H3,(H,18,19,21). The third-order valence-electron chi connectivity index (χ3n) is 2.99. The Morgan fingerprint density at radius 3 is 2.68 bits per heavy atom. The van der Waals surface area contributed by atoms with Crippen molar-refractivity contribution in [3.63, 3.8) is 0 Å². The minimum atomic E-state index is -0.870. The van der Waals surface area contributed by atoms with Crippen LogP contribution in [-0.2, 0) is 9.53 Å². The SMILES string of the molecule is Cc1nc(NC(=O)COC(=O)c2cccc([N+](=O)[O-])c2)c(Cl)cc1Cl. The lowest BCUT2D eigenvalue weighted by molar-refractivity contribution is -0.384. The molecule has 25 heavy (non-hydrogen) atoms. The maximum atomic E-state index is 11.9. The number of pyridine rings is 1. The van der Waals surface area contributed by atoms with E-state index >= 15 is 0 Å². The van der Waals surface area contributed by atoms with E-state index in [2.05, 4.69) is 10.3 Å². The van der Waals surface area contributed by atoms with Crippen molar-refractivity contribution < 1.29 is 19.2 Å². The number of ether oxygens (including phenoxy) is 1. The number of benzene rings is 1. The fourth-order valence-corrected chi connectivity index (χ4v) is 2.18. The number of hydrogen-bond acceptors (Lipinski definition) is 6. The number of nitro groups is 1. The first-order valence-electron chi connectivity index (χ1n) is 6.82. The van der Waals surface area contributed by atoms with Crippen molar-refractivity contribution in [3.8, 4) is 0 Å². The Morgan fingerprint density at radius 1 is 1.28 bits per heavy atom. The molecule has 0 saturated heterocycles. The van der Waals surface area contributed by atoms with Crippen LogP contribution >= 0.6 is 23.2 Å². The minimum absolute atomic E-state index is 0.0412. The van der Waals surface area contributed by atoms with Gasteiger partial charge < -0.3 is 10.1 Å². The highest BCUT2D eigenvalue weighted by atomic mass is 35.5. The number of rotatable bonds is 5. The van der Waals surface area contributed by atoms with E-state index in [9.17, 15) is 19.7 Å². The number of nitrogens with zero attached hydrogens (tertiary/aromatic N) is 2. The van der Waals surface area contributed by atoms with Gasteiger partial charge >= 0.3 is 5.97 Å². The molecule has 10 heteroatoms. The molecule has 130 valence electrons. The average molecular weight is 384 g/mol. The molecule has 0 unspecified atom stereocenters. The minimum Gasteiger partial charge on any atom is -0.452 e. The molecule has 1 amide bonds. The molecule has 0 saturated carbocycles. The van der Waals surface area contributed by atoms with Gasteiger partial charge in [-0.1, -0.05) is 29.3 Å². The lowest BCUT2D eigenvalue weighted by Crippen LogP contribution is -2.21. The Bertz CT molecular complexity index is 857. The molecular formula is C15H11Cl2N3O5. The number of carbonyl (C=O) groups is 2. The number of anilines is 1. The second-order valence-corrected chi connectivity index (χ2v) is 5.63. The molecule has 0 aliphatic carbocycles. The number of amides is 1. The molecule has 2 rings (SSSR count). The Hall–Kier alpha value is -2.71. The predicted octanol–water partition coefficient (Wildman–Crippen LogP) is 3.40. The van der Waals surface area contributed by atoms with Crippen LogP contribution < -0.4 is 5.32 Å². The fraction of sp³-hybridized carbons (Fsp3) is 0.133. The van der Waals surface area contributed by atoms with Crippen LogP contribution in [0.2, 0.25) is 10.0 Å². The normalized spacial score (nSPS) is 10.2. The molecule has 2 aromatic rings. The van der Waals surface area contributed by atoms with Gasteiger partial charge in [0.05, 0.1) is 26.2 Å². The maximum absolute atomic E-state index is 11.9. The molecule has 0 fully saturated rings. The highest BCUT2D eigenvalue weighted by Gasteiger charge is 2.15. The lowest BCUT2D eigenvalue weighted by Gasteiger charge is -2.09. The summed E-state index contributed by atoms with van der Waals surface area (Å²) in [7, 11) is 0. The molecule has 0 bridgehead atoms. The van der Waals surface area contributed by atoms with Gasteiger partial charge in [0, 0.05) is 12.1 Å². The second kappa shape index (κ2) is 7.91. The number of carbonyl (C=O) groups excluding carboxylic acids is 2. The molecule has 0 spiro atoms. The second-order valence-electron chi connectivity index (χ2n) is 4.82. The van der Waals surface area contributed by atoms with E-state index in [4.69, 9.17) is 27.9 Å². The summed E-state index contributed by atoms with van der Waals surface area (Å²) in [5.74, 6) is -1.46. The van der Waals surface area contributed by atoms with E-state index in [1.807, 2.05) is 0 Å². The number of aryl methyl sites for hydroxylation is 1. The molecule has 0 aliphatic rings. The summed E-state index contributed by atoms with van der Waals surface area (Å²) in [6.07, 6.45) is 0. The van der Waals surface area contributed by atoms with Gasteiger partial charge in [-0.25, -0.2) is 9.78 Å². The smallest absolute Gasteiger partial charge is 0.338 e. The molecule has 0 radical (unpaired) electrons. The van der Waals surface area contributed by atoms with Crippen LogP contribution in [0.1, 0.15) is 16.1 Å². The summed E-state index contributed by atoms with van der Waals surface area (Å²) in [6.45, 7) is 1.03. The number of halogens is 2. The third-order valence-corrected chi connectivity index (χ3v) is 3.66. The fourth-order valence-electron chi connectivity index (χ4n) is 1.78. The van der Waals surface area contributed by atoms with Crippen molar-refractivity contribution in [2.45, 2.75) is 6.92 Å². The van der Waals surface area contributed by atoms with E-state index in [1.165, 1.54) is 24.3 Å². The summed E-state index contributed by atoms with van der Waals surface area (Å²) in [4.78, 5) is 37.8. The quantitative estimate of drug-likeness (QED) is 0.481. The Kier molecular flexibility index (Phi) is 5.89. The summed E-state index contributed by atoms with van der Waals surface area (Å²) in [6, 6.07) is 6.40. The predicted molar refractivity (Wildman–Crippen MR) is 91.0 cm³/mol. The van der Waals surface area contributed by atoms with Crippen molar-refractivity contribution in [1.82, 2.24) is 4.98 Å². The van der Waals surface area contributed by atoms with Gasteiger partial charge in [0.1, 0.15) is 0 Å². The first-order valence-corrected chi connectivity index (χ1v) is 7.57. The van der Waals surface area contributed by atoms with Gasteiger partial charge in [0.15, 0.2) is 12.4 Å². The van der Waals surface area contributed by atoms with E-state index in [1.54, 1.807) is 6.92 Å². The molecule has 1 heterocycles. The number of hydrogen-bond donors (Lipinski definition) is 1. The topological polar surface area (TPSA) is 111 Å². The Labute approximate surface area is 151 Å². The van der Waals surface area contributed by atoms with Crippen LogP contribution in [0.25, 0.3) is 0 Å². The molecule has 0 aliphatic heterocycles. The largest absolute Gasteiger partial charge is 0.452 e. The monoisotopic (exact) mass is 383 g/mol. The number of esters is 1. The lowest BCUT2D eigenvalue weighted by atomic mass is 10.2. The molecule has 1 N–H and O–H groups in total. The van der Waals surface area contributed by atoms with Crippen molar-refractivity contribution in [3.05, 3.63) is 61.7 Å². The van der Waals surface area contributed by atoms with Crippen LogP contribution in [-0.4, -0.2) is 28.4 Å². The zero-order chi connectivity index (χ0) is 18.6. The number of nitrogens with one attached hydrogen (secondary N) is 1. The van der Waals surface area contributed by atoms with Crippen LogP contribution in [0.4, 0.5) is 11.5 Å². The van der Waals surface area contributed by atoms with E-state index in [0.717, 1.165) is 6.07 Å². The van der Waals surface area contributed by atoms with Crippen LogP contribution in [0.5, 0.6) is 0 Å². The maximum Gasteiger partial charge on any atom is 0.338 e. The van der Waals surface area contributed by atoms with Crippen LogP contribution in [0.15, 0.2) is 30.3 Å². The Balaban J connectivity index is 1.98. The first-order chi connectivity index (χ1) is 11.8. The number of nitro benzene ring substituents is 1. The Morgan fingerprint density at radius 2 is 2.00 bits per heavy atom. The van der Waals surface area contributed by atoms with E-state index < -0.39 is 23.4 Å². The molecule has 1 aromatic carbocycles. The van der Waals surface area contributed by atoms with E-state index in [0.29, 0.717) is 10.7 Å². The zero-order valence-electron chi connectivity index (χ0n) is 12.8. The van der Waals surface area contributed by atoms with Gasteiger partial charge in [0.2, 0.25) is 0 Å². The molecular weight excluding hydrogens is 373 g/mol. The van der Waals surface area contributed by atoms with Gasteiger partial charge in [-0.3, -0.25) is 14.9 Å². The molecule has 8 nitrogen and oxygen atoms in total. The van der Waals surface area contributed by atoms with Crippen LogP contribution in [0.3, 0.4) is 0 Å². The zero-order valence-corrected chi connectivity index (χ0v) is 14.3.